The molecule has 1 N–H and O–H groups in total. The third-order valence-corrected chi connectivity index (χ3v) is 4.67. The Balaban J connectivity index is 1.65. The van der Waals surface area contributed by atoms with E-state index < -0.39 is 5.54 Å². The zero-order chi connectivity index (χ0) is 17.0. The number of nitrogens with one attached hydrogen (secondary N) is 1. The molecule has 8 heteroatoms. The van der Waals surface area contributed by atoms with E-state index in [4.69, 9.17) is 0 Å². The van der Waals surface area contributed by atoms with Crippen LogP contribution in [-0.2, 0) is 11.3 Å². The third-order valence-electron chi connectivity index (χ3n) is 4.14. The molecule has 0 aliphatic heterocycles. The molecule has 1 aromatic heterocycles. The predicted octanol–water partition coefficient (Wildman–Crippen LogP) is 2.45. The topological polar surface area (TPSA) is 96.5 Å². The zero-order valence-corrected chi connectivity index (χ0v) is 14.7. The normalized spacial score (nSPS) is 16.3. The number of halogens is 1. The van der Waals surface area contributed by atoms with E-state index >= 15 is 0 Å². The molecule has 7 nitrogen and oxygen atoms in total. The van der Waals surface area contributed by atoms with E-state index in [-0.39, 0.29) is 12.5 Å². The van der Waals surface area contributed by atoms with E-state index in [1.165, 1.54) is 4.80 Å². The van der Waals surface area contributed by atoms with Crippen molar-refractivity contribution in [3.63, 3.8) is 0 Å². The Kier molecular flexibility index (Phi) is 4.90. The number of tetrazole rings is 1. The first-order valence-corrected chi connectivity index (χ1v) is 8.66. The van der Waals surface area contributed by atoms with E-state index in [2.05, 4.69) is 42.7 Å². The highest BCUT2D eigenvalue weighted by molar-refractivity contribution is 9.10. The quantitative estimate of drug-likeness (QED) is 0.867. The first-order valence-electron chi connectivity index (χ1n) is 7.86. The van der Waals surface area contributed by atoms with Crippen molar-refractivity contribution < 1.29 is 4.79 Å². The first kappa shape index (κ1) is 16.6. The van der Waals surface area contributed by atoms with Crippen molar-refractivity contribution in [2.75, 3.05) is 0 Å². The van der Waals surface area contributed by atoms with Gasteiger partial charge in [0.05, 0.1) is 6.07 Å². The van der Waals surface area contributed by atoms with Gasteiger partial charge in [0.15, 0.2) is 0 Å². The fourth-order valence-electron chi connectivity index (χ4n) is 2.88. The lowest BCUT2D eigenvalue weighted by Gasteiger charge is -2.31. The van der Waals surface area contributed by atoms with E-state index in [0.29, 0.717) is 18.7 Å². The monoisotopic (exact) mass is 388 g/mol. The summed E-state index contributed by atoms with van der Waals surface area (Å²) in [5.74, 6) is 0.196. The van der Waals surface area contributed by atoms with Crippen LogP contribution in [0.3, 0.4) is 0 Å². The lowest BCUT2D eigenvalue weighted by atomic mass is 9.83. The van der Waals surface area contributed by atoms with Gasteiger partial charge in [-0.05, 0) is 42.3 Å². The molecule has 1 fully saturated rings. The van der Waals surface area contributed by atoms with Crippen molar-refractivity contribution in [3.05, 3.63) is 28.7 Å². The van der Waals surface area contributed by atoms with Gasteiger partial charge in [0, 0.05) is 10.0 Å². The number of nitrogens with zero attached hydrogens (tertiary/aromatic N) is 5. The second-order valence-corrected chi connectivity index (χ2v) is 6.87. The minimum Gasteiger partial charge on any atom is -0.336 e. The molecule has 0 atom stereocenters. The van der Waals surface area contributed by atoms with Gasteiger partial charge < -0.3 is 5.32 Å². The summed E-state index contributed by atoms with van der Waals surface area (Å²) in [6.45, 7) is -0.0487. The number of aromatic nitrogens is 4. The first-order chi connectivity index (χ1) is 11.6. The maximum atomic E-state index is 12.2. The van der Waals surface area contributed by atoms with Crippen LogP contribution in [0, 0.1) is 11.3 Å². The van der Waals surface area contributed by atoms with Crippen molar-refractivity contribution in [1.82, 2.24) is 25.5 Å². The van der Waals surface area contributed by atoms with E-state index in [1.807, 2.05) is 24.3 Å². The van der Waals surface area contributed by atoms with Gasteiger partial charge in [0.2, 0.25) is 11.7 Å². The number of nitriles is 1. The molecule has 0 unspecified atom stereocenters. The number of rotatable bonds is 4. The standard InChI is InChI=1S/C16H17BrN6O/c17-13-6-4-12(5-7-13)15-20-22-23(21-15)10-14(24)19-16(11-18)8-2-1-3-9-16/h4-7H,1-3,8-10H2,(H,19,24). The Bertz CT molecular complexity index is 758. The minimum absolute atomic E-state index is 0.0487. The minimum atomic E-state index is -0.746. The predicted molar refractivity (Wildman–Crippen MR) is 90.5 cm³/mol. The Morgan fingerprint density at radius 3 is 2.67 bits per heavy atom. The number of carbonyl (C=O) groups is 1. The molecule has 0 bridgehead atoms. The van der Waals surface area contributed by atoms with Gasteiger partial charge in [-0.25, -0.2) is 0 Å². The number of benzene rings is 1. The van der Waals surface area contributed by atoms with Crippen molar-refractivity contribution in [1.29, 1.82) is 5.26 Å². The molecule has 1 saturated carbocycles. The molecule has 1 heterocycles. The van der Waals surface area contributed by atoms with Crippen LogP contribution < -0.4 is 5.32 Å². The Hall–Kier alpha value is -2.27. The van der Waals surface area contributed by atoms with Crippen LogP contribution in [0.5, 0.6) is 0 Å². The lowest BCUT2D eigenvalue weighted by Crippen LogP contribution is -2.49. The van der Waals surface area contributed by atoms with Crippen molar-refractivity contribution in [3.8, 4) is 17.5 Å². The average Bonchev–Trinajstić information content (AvgIpc) is 3.04. The zero-order valence-electron chi connectivity index (χ0n) is 13.1. The molecule has 124 valence electrons. The van der Waals surface area contributed by atoms with E-state index in [1.54, 1.807) is 0 Å². The average molecular weight is 389 g/mol. The third kappa shape index (κ3) is 3.79. The van der Waals surface area contributed by atoms with Gasteiger partial charge in [-0.3, -0.25) is 4.79 Å². The number of hydrogen-bond acceptors (Lipinski definition) is 5. The van der Waals surface area contributed by atoms with Crippen molar-refractivity contribution >= 4 is 21.8 Å². The summed E-state index contributed by atoms with van der Waals surface area (Å²) in [5.41, 5.74) is 0.0791. The summed E-state index contributed by atoms with van der Waals surface area (Å²) in [5, 5.41) is 24.4. The molecule has 1 aliphatic carbocycles. The van der Waals surface area contributed by atoms with Crippen molar-refractivity contribution in [2.45, 2.75) is 44.2 Å². The van der Waals surface area contributed by atoms with Crippen LogP contribution in [0.1, 0.15) is 32.1 Å². The molecular weight excluding hydrogens is 372 g/mol. The molecule has 1 amide bonds. The molecule has 2 aromatic rings. The lowest BCUT2D eigenvalue weighted by molar-refractivity contribution is -0.123. The maximum Gasteiger partial charge on any atom is 0.244 e. The number of hydrogen-bond donors (Lipinski definition) is 1. The summed E-state index contributed by atoms with van der Waals surface area (Å²) in [6, 6.07) is 9.80. The Labute approximate surface area is 148 Å². The summed E-state index contributed by atoms with van der Waals surface area (Å²) >= 11 is 3.37. The van der Waals surface area contributed by atoms with Crippen LogP contribution in [0.4, 0.5) is 0 Å². The highest BCUT2D eigenvalue weighted by Gasteiger charge is 2.33. The highest BCUT2D eigenvalue weighted by Crippen LogP contribution is 2.27. The maximum absolute atomic E-state index is 12.2. The Morgan fingerprint density at radius 1 is 1.29 bits per heavy atom. The summed E-state index contributed by atoms with van der Waals surface area (Å²) in [7, 11) is 0. The van der Waals surface area contributed by atoms with Gasteiger partial charge in [-0.2, -0.15) is 10.1 Å². The summed E-state index contributed by atoms with van der Waals surface area (Å²) in [4.78, 5) is 13.5. The van der Waals surface area contributed by atoms with Crippen LogP contribution in [0.2, 0.25) is 0 Å². The van der Waals surface area contributed by atoms with Gasteiger partial charge in [-0.1, -0.05) is 35.2 Å². The Morgan fingerprint density at radius 2 is 2.00 bits per heavy atom. The van der Waals surface area contributed by atoms with Crippen LogP contribution in [0.15, 0.2) is 28.7 Å². The van der Waals surface area contributed by atoms with Crippen LogP contribution in [0.25, 0.3) is 11.4 Å². The number of amides is 1. The van der Waals surface area contributed by atoms with E-state index in [0.717, 1.165) is 29.3 Å². The molecular formula is C16H17BrN6O. The second-order valence-electron chi connectivity index (χ2n) is 5.95. The second kappa shape index (κ2) is 7.09. The molecule has 24 heavy (non-hydrogen) atoms. The molecule has 1 aromatic carbocycles. The smallest absolute Gasteiger partial charge is 0.244 e. The highest BCUT2D eigenvalue weighted by atomic mass is 79.9. The molecule has 3 rings (SSSR count). The van der Waals surface area contributed by atoms with E-state index in [9.17, 15) is 10.1 Å². The number of carbonyl (C=O) groups excluding carboxylic acids is 1. The van der Waals surface area contributed by atoms with Crippen molar-refractivity contribution in [2.24, 2.45) is 0 Å². The van der Waals surface area contributed by atoms with Crippen LogP contribution in [-0.4, -0.2) is 31.7 Å². The molecule has 0 saturated heterocycles. The van der Waals surface area contributed by atoms with Gasteiger partial charge in [0.1, 0.15) is 12.1 Å². The molecule has 0 radical (unpaired) electrons. The van der Waals surface area contributed by atoms with Crippen LogP contribution >= 0.6 is 15.9 Å². The largest absolute Gasteiger partial charge is 0.336 e. The summed E-state index contributed by atoms with van der Waals surface area (Å²) < 4.78 is 0.965. The SMILES string of the molecule is N#CC1(NC(=O)Cn2nnc(-c3ccc(Br)cc3)n2)CCCCC1. The molecule has 0 spiro atoms. The molecule has 1 aliphatic rings. The van der Waals surface area contributed by atoms with Gasteiger partial charge in [0.25, 0.3) is 0 Å². The van der Waals surface area contributed by atoms with Gasteiger partial charge in [-0.15, -0.1) is 10.2 Å². The fraction of sp³-hybridized carbons (Fsp3) is 0.438. The fourth-order valence-corrected chi connectivity index (χ4v) is 3.14. The van der Waals surface area contributed by atoms with Gasteiger partial charge >= 0.3 is 0 Å². The summed E-state index contributed by atoms with van der Waals surface area (Å²) in [6.07, 6.45) is 4.43.